The number of aromatic nitrogens is 2. The van der Waals surface area contributed by atoms with Gasteiger partial charge in [0.25, 0.3) is 0 Å². The molecule has 0 radical (unpaired) electrons. The van der Waals surface area contributed by atoms with E-state index in [-0.39, 0.29) is 5.97 Å². The van der Waals surface area contributed by atoms with Gasteiger partial charge in [-0.05, 0) is 19.2 Å². The molecule has 2 rings (SSSR count). The number of carbonyl (C=O) groups is 1. The summed E-state index contributed by atoms with van der Waals surface area (Å²) < 4.78 is 6.87. The van der Waals surface area contributed by atoms with Crippen molar-refractivity contribution in [1.82, 2.24) is 9.97 Å². The summed E-state index contributed by atoms with van der Waals surface area (Å²) >= 11 is 3.16. The molecular weight excluding hydrogens is 232 g/mol. The summed E-state index contributed by atoms with van der Waals surface area (Å²) in [5.41, 5.74) is 1.23. The molecular formula is C9H10N2O2S2. The van der Waals surface area contributed by atoms with Crippen molar-refractivity contribution in [1.29, 1.82) is 0 Å². The molecule has 0 aliphatic carbocycles. The van der Waals surface area contributed by atoms with Crippen molar-refractivity contribution in [3.8, 4) is 0 Å². The van der Waals surface area contributed by atoms with Gasteiger partial charge in [-0.2, -0.15) is 0 Å². The topological polar surface area (TPSA) is 55.0 Å². The predicted octanol–water partition coefficient (Wildman–Crippen LogP) is 2.52. The number of hydrogen-bond acceptors (Lipinski definition) is 5. The van der Waals surface area contributed by atoms with E-state index in [1.807, 2.05) is 6.26 Å². The Morgan fingerprint density at radius 2 is 2.53 bits per heavy atom. The summed E-state index contributed by atoms with van der Waals surface area (Å²) in [6.45, 7) is 2.17. The van der Waals surface area contributed by atoms with Crippen LogP contribution in [0.15, 0.2) is 10.4 Å². The number of nitrogens with zero attached hydrogens (tertiary/aromatic N) is 1. The third-order valence-electron chi connectivity index (χ3n) is 1.83. The van der Waals surface area contributed by atoms with E-state index in [0.29, 0.717) is 12.3 Å². The van der Waals surface area contributed by atoms with Gasteiger partial charge in [0.1, 0.15) is 11.3 Å². The maximum Gasteiger partial charge on any atom is 0.354 e. The van der Waals surface area contributed by atoms with Gasteiger partial charge >= 0.3 is 5.97 Å². The van der Waals surface area contributed by atoms with Gasteiger partial charge in [-0.3, -0.25) is 0 Å². The number of thiazole rings is 1. The second-order valence-corrected chi connectivity index (χ2v) is 4.88. The maximum atomic E-state index is 11.4. The number of carbonyl (C=O) groups excluding carboxylic acids is 1. The average Bonchev–Trinajstić information content (AvgIpc) is 2.74. The van der Waals surface area contributed by atoms with Crippen molar-refractivity contribution >= 4 is 39.4 Å². The Labute approximate surface area is 95.0 Å². The van der Waals surface area contributed by atoms with E-state index in [2.05, 4.69) is 9.97 Å². The Bertz CT molecular complexity index is 458. The largest absolute Gasteiger partial charge is 0.461 e. The van der Waals surface area contributed by atoms with Gasteiger partial charge in [-0.1, -0.05) is 11.8 Å². The van der Waals surface area contributed by atoms with Gasteiger partial charge in [0.05, 0.1) is 11.3 Å². The van der Waals surface area contributed by atoms with Crippen LogP contribution in [0.4, 0.5) is 0 Å². The smallest absolute Gasteiger partial charge is 0.354 e. The van der Waals surface area contributed by atoms with E-state index in [9.17, 15) is 4.79 Å². The van der Waals surface area contributed by atoms with Crippen LogP contribution in [-0.2, 0) is 4.74 Å². The Kier molecular flexibility index (Phi) is 2.97. The first-order valence-corrected chi connectivity index (χ1v) is 6.49. The fourth-order valence-corrected chi connectivity index (χ4v) is 2.68. The normalized spacial score (nSPS) is 10.8. The van der Waals surface area contributed by atoms with Crippen molar-refractivity contribution in [2.45, 2.75) is 11.3 Å². The fourth-order valence-electron chi connectivity index (χ4n) is 1.20. The minimum absolute atomic E-state index is 0.326. The van der Waals surface area contributed by atoms with Crippen LogP contribution in [0.2, 0.25) is 0 Å². The van der Waals surface area contributed by atoms with Gasteiger partial charge < -0.3 is 9.72 Å². The zero-order valence-corrected chi connectivity index (χ0v) is 10.00. The molecule has 0 bridgehead atoms. The lowest BCUT2D eigenvalue weighted by atomic mass is 10.4. The summed E-state index contributed by atoms with van der Waals surface area (Å²) in [6.07, 6.45) is 1.98. The van der Waals surface area contributed by atoms with E-state index in [1.54, 1.807) is 36.1 Å². The maximum absolute atomic E-state index is 11.4. The molecule has 80 valence electrons. The third kappa shape index (κ3) is 2.00. The fraction of sp³-hybridized carbons (Fsp3) is 0.333. The van der Waals surface area contributed by atoms with Crippen molar-refractivity contribution in [3.05, 3.63) is 11.8 Å². The molecule has 2 aromatic rings. The number of esters is 1. The Hall–Kier alpha value is -1.01. The van der Waals surface area contributed by atoms with E-state index in [1.165, 1.54) is 0 Å². The molecule has 0 amide bonds. The second kappa shape index (κ2) is 4.24. The molecule has 2 heterocycles. The molecule has 0 aromatic carbocycles. The summed E-state index contributed by atoms with van der Waals surface area (Å²) in [7, 11) is 0. The molecule has 0 aliphatic heterocycles. The second-order valence-electron chi connectivity index (χ2n) is 2.80. The van der Waals surface area contributed by atoms with Crippen molar-refractivity contribution in [2.75, 3.05) is 12.9 Å². The number of thioether (sulfide) groups is 1. The standard InChI is InChI=1S/C9H10N2O2S2/c1-3-13-8(12)5-4-6-7(10-5)11-9(14-2)15-6/h4,10H,3H2,1-2H3. The van der Waals surface area contributed by atoms with Crippen molar-refractivity contribution in [3.63, 3.8) is 0 Å². The number of nitrogens with one attached hydrogen (secondary N) is 1. The molecule has 0 saturated carbocycles. The highest BCUT2D eigenvalue weighted by Gasteiger charge is 2.13. The highest BCUT2D eigenvalue weighted by molar-refractivity contribution is 8.00. The zero-order chi connectivity index (χ0) is 10.8. The predicted molar refractivity (Wildman–Crippen MR) is 61.7 cm³/mol. The van der Waals surface area contributed by atoms with Gasteiger partial charge in [0, 0.05) is 0 Å². The van der Waals surface area contributed by atoms with E-state index in [0.717, 1.165) is 14.7 Å². The van der Waals surface area contributed by atoms with Gasteiger partial charge in [-0.15, -0.1) is 11.3 Å². The molecule has 0 atom stereocenters. The van der Waals surface area contributed by atoms with Crippen molar-refractivity contribution in [2.24, 2.45) is 0 Å². The number of hydrogen-bond donors (Lipinski definition) is 1. The Morgan fingerprint density at radius 1 is 1.73 bits per heavy atom. The van der Waals surface area contributed by atoms with Crippen LogP contribution in [-0.4, -0.2) is 28.8 Å². The first-order chi connectivity index (χ1) is 7.24. The summed E-state index contributed by atoms with van der Waals surface area (Å²) in [4.78, 5) is 18.6. The van der Waals surface area contributed by atoms with Crippen molar-refractivity contribution < 1.29 is 9.53 Å². The van der Waals surface area contributed by atoms with E-state index >= 15 is 0 Å². The van der Waals surface area contributed by atoms with Gasteiger partial charge in [-0.25, -0.2) is 9.78 Å². The van der Waals surface area contributed by atoms with Crippen LogP contribution >= 0.6 is 23.1 Å². The van der Waals surface area contributed by atoms with Crippen LogP contribution in [0, 0.1) is 0 Å². The monoisotopic (exact) mass is 242 g/mol. The number of fused-ring (bicyclic) bond motifs is 1. The number of ether oxygens (including phenoxy) is 1. The van der Waals surface area contributed by atoms with Crippen LogP contribution in [0.25, 0.3) is 10.3 Å². The quantitative estimate of drug-likeness (QED) is 0.663. The SMILES string of the molecule is CCOC(=O)c1cc2sc(SC)nc2[nH]1. The lowest BCUT2D eigenvalue weighted by Gasteiger charge is -1.96. The minimum atomic E-state index is -0.326. The Morgan fingerprint density at radius 3 is 3.13 bits per heavy atom. The number of rotatable bonds is 3. The summed E-state index contributed by atoms with van der Waals surface area (Å²) in [6, 6.07) is 1.78. The molecule has 4 nitrogen and oxygen atoms in total. The molecule has 0 fully saturated rings. The molecule has 15 heavy (non-hydrogen) atoms. The van der Waals surface area contributed by atoms with Crippen LogP contribution in [0.5, 0.6) is 0 Å². The highest BCUT2D eigenvalue weighted by atomic mass is 32.2. The van der Waals surface area contributed by atoms with E-state index in [4.69, 9.17) is 4.74 Å². The lowest BCUT2D eigenvalue weighted by Crippen LogP contribution is -2.04. The zero-order valence-electron chi connectivity index (χ0n) is 8.36. The Balaban J connectivity index is 2.32. The lowest BCUT2D eigenvalue weighted by molar-refractivity contribution is 0.0520. The summed E-state index contributed by atoms with van der Waals surface area (Å²) in [5, 5.41) is 0. The van der Waals surface area contributed by atoms with Crippen LogP contribution in [0.1, 0.15) is 17.4 Å². The third-order valence-corrected chi connectivity index (χ3v) is 3.82. The molecule has 0 unspecified atom stereocenters. The van der Waals surface area contributed by atoms with E-state index < -0.39 is 0 Å². The molecule has 0 spiro atoms. The van der Waals surface area contributed by atoms with Gasteiger partial charge in [0.2, 0.25) is 0 Å². The van der Waals surface area contributed by atoms with Crippen LogP contribution < -0.4 is 0 Å². The van der Waals surface area contributed by atoms with Gasteiger partial charge in [0.15, 0.2) is 4.34 Å². The van der Waals surface area contributed by atoms with Crippen LogP contribution in [0.3, 0.4) is 0 Å². The number of H-pyrrole nitrogens is 1. The summed E-state index contributed by atoms with van der Waals surface area (Å²) in [5.74, 6) is -0.326. The molecule has 2 aromatic heterocycles. The minimum Gasteiger partial charge on any atom is -0.461 e. The first kappa shape index (κ1) is 10.5. The average molecular weight is 242 g/mol. The molecule has 0 saturated heterocycles. The molecule has 1 N–H and O–H groups in total. The first-order valence-electron chi connectivity index (χ1n) is 4.45. The highest BCUT2D eigenvalue weighted by Crippen LogP contribution is 2.28. The molecule has 6 heteroatoms. The number of aromatic amines is 1. The molecule has 0 aliphatic rings.